The Bertz CT molecular complexity index is 616. The van der Waals surface area contributed by atoms with Crippen LogP contribution in [0.3, 0.4) is 0 Å². The van der Waals surface area contributed by atoms with E-state index in [4.69, 9.17) is 10.7 Å². The van der Waals surface area contributed by atoms with Crippen LogP contribution in [0, 0.1) is 0 Å². The van der Waals surface area contributed by atoms with Gasteiger partial charge in [-0.25, -0.2) is 0 Å². The molecule has 0 spiro atoms. The summed E-state index contributed by atoms with van der Waals surface area (Å²) < 4.78 is 29.9. The second-order valence-corrected chi connectivity index (χ2v) is 3.12. The second kappa shape index (κ2) is 3.74. The van der Waals surface area contributed by atoms with E-state index >= 15 is 0 Å². The largest absolute Gasteiger partial charge is 0.480 e. The van der Waals surface area contributed by atoms with E-state index < -0.39 is 18.4 Å². The first kappa shape index (κ1) is 5.92. The summed E-state index contributed by atoms with van der Waals surface area (Å²) >= 11 is 0. The van der Waals surface area contributed by atoms with Crippen LogP contribution >= 0.6 is 0 Å². The van der Waals surface area contributed by atoms with E-state index in [0.717, 1.165) is 0 Å². The van der Waals surface area contributed by atoms with Crippen molar-refractivity contribution in [3.05, 3.63) is 36.0 Å². The molecule has 1 aromatic heterocycles. The van der Waals surface area contributed by atoms with Crippen LogP contribution in [0.15, 0.2) is 30.5 Å². The number of H-pyrrole nitrogens is 1. The van der Waals surface area contributed by atoms with E-state index in [1.54, 1.807) is 24.3 Å². The first-order valence-corrected chi connectivity index (χ1v) is 4.38. The van der Waals surface area contributed by atoms with Crippen molar-refractivity contribution in [3.63, 3.8) is 0 Å². The Balaban J connectivity index is 2.54. The van der Waals surface area contributed by atoms with E-state index in [2.05, 4.69) is 4.98 Å². The number of aliphatic carboxylic acids is 1. The van der Waals surface area contributed by atoms with E-state index in [-0.39, 0.29) is 11.3 Å². The van der Waals surface area contributed by atoms with Gasteiger partial charge in [0, 0.05) is 24.9 Å². The molecule has 1 heterocycles. The summed E-state index contributed by atoms with van der Waals surface area (Å²) in [5.74, 6) is -1.71. The first-order chi connectivity index (χ1) is 8.89. The number of aromatic amines is 1. The smallest absolute Gasteiger partial charge is 0.320 e. The molecule has 2 atom stereocenters. The number of nitrogens with two attached hydrogens (primary N) is 1. The van der Waals surface area contributed by atoms with Gasteiger partial charge in [0.05, 0.1) is 1.37 Å². The van der Waals surface area contributed by atoms with Crippen molar-refractivity contribution in [3.8, 4) is 0 Å². The Kier molecular flexibility index (Phi) is 1.48. The molecule has 0 fully saturated rings. The third-order valence-corrected chi connectivity index (χ3v) is 2.13. The zero-order chi connectivity index (χ0) is 14.2. The third kappa shape index (κ3) is 1.85. The molecule has 0 saturated heterocycles. The fraction of sp³-hybridized carbons (Fsp3) is 0.182. The minimum atomic E-state index is -2.69. The highest BCUT2D eigenvalue weighted by Crippen LogP contribution is 2.18. The first-order valence-electron chi connectivity index (χ1n) is 6.36. The molecule has 0 aliphatic carbocycles. The maximum atomic E-state index is 11.1. The molecular weight excluding hydrogens is 192 g/mol. The average Bonchev–Trinajstić information content (AvgIpc) is 2.80. The molecule has 1 aromatic carbocycles. The van der Waals surface area contributed by atoms with Crippen LogP contribution in [0.4, 0.5) is 0 Å². The lowest BCUT2D eigenvalue weighted by Crippen LogP contribution is -2.32. The number of carboxylic acid groups (broad SMARTS) is 1. The molecule has 4 nitrogen and oxygen atoms in total. The number of fused-ring (bicyclic) bond motifs is 1. The molecule has 0 aliphatic heterocycles. The number of nitrogens with one attached hydrogen (secondary N) is 1. The summed E-state index contributed by atoms with van der Waals surface area (Å²) in [5.41, 5.74) is 0.732. The summed E-state index contributed by atoms with van der Waals surface area (Å²) in [7, 11) is 0. The SMILES string of the molecule is [2H]C(c1c[nH]c2ccccc12)[C@@]([2H])(C(=O)O)N([2H])[2H]. The molecule has 1 unspecified atom stereocenters. The highest BCUT2D eigenvalue weighted by molar-refractivity contribution is 5.84. The monoisotopic (exact) mass is 208 g/mol. The number of benzene rings is 1. The van der Waals surface area contributed by atoms with Gasteiger partial charge in [0.1, 0.15) is 8.84 Å². The predicted octanol–water partition coefficient (Wildman–Crippen LogP) is 1.12. The number of carboxylic acids is 1. The van der Waals surface area contributed by atoms with Crippen molar-refractivity contribution in [2.24, 2.45) is 5.72 Å². The molecule has 2 aromatic rings. The van der Waals surface area contributed by atoms with Crippen LogP contribution in [0.1, 0.15) is 8.30 Å². The lowest BCUT2D eigenvalue weighted by molar-refractivity contribution is -0.138. The molecule has 0 saturated carbocycles. The molecule has 78 valence electrons. The Hall–Kier alpha value is -1.81. The summed E-state index contributed by atoms with van der Waals surface area (Å²) in [6, 6.07) is 4.29. The van der Waals surface area contributed by atoms with Crippen LogP contribution in [0.2, 0.25) is 2.82 Å². The number of aromatic nitrogens is 1. The lowest BCUT2D eigenvalue weighted by atomic mass is 10.1. The zero-order valence-corrected chi connectivity index (χ0v) is 7.77. The highest BCUT2D eigenvalue weighted by Gasteiger charge is 2.14. The van der Waals surface area contributed by atoms with E-state index in [9.17, 15) is 4.79 Å². The molecule has 0 bridgehead atoms. The number of para-hydroxylation sites is 1. The number of hydrogen-bond acceptors (Lipinski definition) is 2. The molecule has 0 radical (unpaired) electrons. The van der Waals surface area contributed by atoms with E-state index in [1.807, 2.05) is 0 Å². The van der Waals surface area contributed by atoms with Gasteiger partial charge in [0.15, 0.2) is 0 Å². The van der Waals surface area contributed by atoms with Crippen LogP contribution in [0.5, 0.6) is 0 Å². The van der Waals surface area contributed by atoms with Crippen molar-refractivity contribution in [1.29, 1.82) is 0 Å². The van der Waals surface area contributed by atoms with Crippen molar-refractivity contribution in [2.45, 2.75) is 12.4 Å². The Morgan fingerprint density at radius 2 is 2.53 bits per heavy atom. The number of carbonyl (C=O) groups is 1. The van der Waals surface area contributed by atoms with Gasteiger partial charge in [-0.1, -0.05) is 18.2 Å². The standard InChI is InChI=1S/C11H12N2O2/c12-9(11(14)15)5-7-6-13-10-4-2-1-3-8(7)10/h1-4,6,9,13H,5,12H2,(H,14,15)/t9-/m0/s1/i5D,9D/hD2/t5?,9-. The lowest BCUT2D eigenvalue weighted by Gasteiger charge is -2.04. The summed E-state index contributed by atoms with van der Waals surface area (Å²) in [6.45, 7) is 0. The zero-order valence-electron chi connectivity index (χ0n) is 11.8. The minimum absolute atomic E-state index is 0.255. The fourth-order valence-corrected chi connectivity index (χ4v) is 1.42. The average molecular weight is 208 g/mol. The Morgan fingerprint density at radius 3 is 3.27 bits per heavy atom. The van der Waals surface area contributed by atoms with Crippen LogP contribution in [-0.2, 0) is 11.2 Å². The van der Waals surface area contributed by atoms with Crippen molar-refractivity contribution in [2.75, 3.05) is 0 Å². The highest BCUT2D eigenvalue weighted by atomic mass is 16.4. The summed E-state index contributed by atoms with van der Waals surface area (Å²) in [4.78, 5) is 14.0. The summed E-state index contributed by atoms with van der Waals surface area (Å²) in [6.07, 6.45) is -0.144. The molecule has 15 heavy (non-hydrogen) atoms. The summed E-state index contributed by atoms with van der Waals surface area (Å²) in [5, 5.41) is 9.66. The van der Waals surface area contributed by atoms with Gasteiger partial charge in [-0.05, 0) is 11.6 Å². The predicted molar refractivity (Wildman–Crippen MR) is 57.6 cm³/mol. The molecule has 2 rings (SSSR count). The van der Waals surface area contributed by atoms with Gasteiger partial charge in [0.25, 0.3) is 0 Å². The Morgan fingerprint density at radius 1 is 1.73 bits per heavy atom. The van der Waals surface area contributed by atoms with Gasteiger partial charge in [-0.3, -0.25) is 4.79 Å². The number of rotatable bonds is 4. The molecule has 4 N–H and O–H groups in total. The van der Waals surface area contributed by atoms with Crippen molar-refractivity contribution < 1.29 is 15.5 Å². The molecule has 0 amide bonds. The third-order valence-electron chi connectivity index (χ3n) is 2.13. The molecule has 4 heteroatoms. The fourth-order valence-electron chi connectivity index (χ4n) is 1.42. The van der Waals surface area contributed by atoms with Gasteiger partial charge in [-0.2, -0.15) is 0 Å². The molecule has 0 aliphatic rings. The molecular formula is C11H12N2O2. The minimum Gasteiger partial charge on any atom is -0.480 e. The maximum absolute atomic E-state index is 11.1. The van der Waals surface area contributed by atoms with Crippen molar-refractivity contribution >= 4 is 16.9 Å². The maximum Gasteiger partial charge on any atom is 0.320 e. The van der Waals surface area contributed by atoms with Gasteiger partial charge < -0.3 is 15.8 Å². The van der Waals surface area contributed by atoms with Crippen LogP contribution < -0.4 is 5.72 Å². The van der Waals surface area contributed by atoms with Gasteiger partial charge in [0.2, 0.25) is 0 Å². The van der Waals surface area contributed by atoms with Gasteiger partial charge >= 0.3 is 5.97 Å². The Labute approximate surface area is 92.4 Å². The van der Waals surface area contributed by atoms with Gasteiger partial charge in [-0.15, -0.1) is 0 Å². The second-order valence-electron chi connectivity index (χ2n) is 3.12. The normalized spacial score (nSPS) is 21.1. The van der Waals surface area contributed by atoms with Crippen LogP contribution in [-0.4, -0.2) is 22.1 Å². The van der Waals surface area contributed by atoms with E-state index in [0.29, 0.717) is 10.9 Å². The number of hydrogen-bond donors (Lipinski definition) is 3. The quantitative estimate of drug-likeness (QED) is 0.704. The topological polar surface area (TPSA) is 79.1 Å². The van der Waals surface area contributed by atoms with Crippen molar-refractivity contribution in [1.82, 2.24) is 4.98 Å². The van der Waals surface area contributed by atoms with E-state index in [1.165, 1.54) is 6.20 Å². The van der Waals surface area contributed by atoms with Crippen LogP contribution in [0.25, 0.3) is 10.9 Å².